The normalized spacial score (nSPS) is 20.0. The lowest BCUT2D eigenvalue weighted by atomic mass is 10.3. The zero-order chi connectivity index (χ0) is 7.00. The monoisotopic (exact) mass is 247 g/mol. The quantitative estimate of drug-likeness (QED) is 0.517. The molecule has 0 spiro atoms. The van der Waals surface area contributed by atoms with Crippen molar-refractivity contribution in [1.29, 1.82) is 4.78 Å². The third-order valence-electron chi connectivity index (χ3n) is 0.788. The first kappa shape index (κ1) is 8.68. The van der Waals surface area contributed by atoms with E-state index >= 15 is 0 Å². The topological polar surface area (TPSA) is 40.9 Å². The number of rotatable bonds is 0. The number of nitrogens with one attached hydrogen (secondary N) is 1. The second-order valence-electron chi connectivity index (χ2n) is 2.60. The summed E-state index contributed by atoms with van der Waals surface area (Å²) in [5.41, 5.74) is 0. The Morgan fingerprint density at radius 3 is 1.62 bits per heavy atom. The van der Waals surface area contributed by atoms with Gasteiger partial charge in [-0.25, -0.2) is 8.99 Å². The van der Waals surface area contributed by atoms with Crippen LogP contribution in [0.5, 0.6) is 0 Å². The van der Waals surface area contributed by atoms with Crippen molar-refractivity contribution in [2.45, 2.75) is 25.5 Å². The average Bonchev–Trinajstić information content (AvgIpc) is 1.25. The van der Waals surface area contributed by atoms with Gasteiger partial charge in [0.25, 0.3) is 0 Å². The van der Waals surface area contributed by atoms with E-state index in [-0.39, 0.29) is 4.75 Å². The summed E-state index contributed by atoms with van der Waals surface area (Å²) in [6, 6.07) is 0. The molecule has 8 heavy (non-hydrogen) atoms. The second-order valence-corrected chi connectivity index (χ2v) is 8.52. The van der Waals surface area contributed by atoms with Gasteiger partial charge in [-0.05, 0) is 20.8 Å². The molecule has 0 saturated heterocycles. The van der Waals surface area contributed by atoms with Crippen LogP contribution in [0.25, 0.3) is 0 Å². The van der Waals surface area contributed by atoms with Gasteiger partial charge in [-0.15, -0.1) is 0 Å². The van der Waals surface area contributed by atoms with E-state index in [0.717, 1.165) is 0 Å². The molecule has 0 aliphatic rings. The van der Waals surface area contributed by atoms with Gasteiger partial charge >= 0.3 is 0 Å². The molecule has 0 aliphatic heterocycles. The Balaban J connectivity index is 4.53. The van der Waals surface area contributed by atoms with Crippen LogP contribution in [0.3, 0.4) is 0 Å². The SMILES string of the molecule is CC(C)(C)S(=N)(=O)I. The van der Waals surface area contributed by atoms with Gasteiger partial charge in [-0.1, -0.05) is 0 Å². The maximum atomic E-state index is 10.9. The van der Waals surface area contributed by atoms with Crippen molar-refractivity contribution >= 4 is 28.1 Å². The van der Waals surface area contributed by atoms with E-state index in [1.165, 1.54) is 0 Å². The summed E-state index contributed by atoms with van der Waals surface area (Å²) in [5, 5.41) is 0. The van der Waals surface area contributed by atoms with Crippen LogP contribution in [-0.4, -0.2) is 8.96 Å². The molecule has 0 aromatic rings. The fourth-order valence-corrected chi connectivity index (χ4v) is 0. The fraction of sp³-hybridized carbons (Fsp3) is 1.00. The molecule has 0 heterocycles. The Kier molecular flexibility index (Phi) is 2.31. The molecule has 0 radical (unpaired) electrons. The summed E-state index contributed by atoms with van der Waals surface area (Å²) in [6.07, 6.45) is 0. The van der Waals surface area contributed by atoms with Gasteiger partial charge in [-0.3, -0.25) is 0 Å². The van der Waals surface area contributed by atoms with Crippen molar-refractivity contribution in [3.05, 3.63) is 0 Å². The minimum atomic E-state index is -2.37. The van der Waals surface area contributed by atoms with Gasteiger partial charge in [0, 0.05) is 21.2 Å². The first-order valence-electron chi connectivity index (χ1n) is 2.23. The Bertz CT molecular complexity index is 165. The minimum absolute atomic E-state index is 0.381. The van der Waals surface area contributed by atoms with E-state index in [1.54, 1.807) is 42.0 Å². The molecule has 0 saturated carbocycles. The molecular weight excluding hydrogens is 237 g/mol. The maximum absolute atomic E-state index is 10.9. The van der Waals surface area contributed by atoms with Crippen molar-refractivity contribution in [3.63, 3.8) is 0 Å². The van der Waals surface area contributed by atoms with Crippen LogP contribution in [0.4, 0.5) is 0 Å². The van der Waals surface area contributed by atoms with Gasteiger partial charge in [0.2, 0.25) is 0 Å². The van der Waals surface area contributed by atoms with E-state index in [2.05, 4.69) is 0 Å². The lowest BCUT2D eigenvalue weighted by Gasteiger charge is -2.15. The van der Waals surface area contributed by atoms with E-state index in [4.69, 9.17) is 4.78 Å². The Labute approximate surface area is 62.6 Å². The van der Waals surface area contributed by atoms with E-state index < -0.39 is 6.90 Å². The van der Waals surface area contributed by atoms with Crippen molar-refractivity contribution in [2.75, 3.05) is 0 Å². The van der Waals surface area contributed by atoms with Crippen LogP contribution in [0.2, 0.25) is 0 Å². The molecule has 0 aliphatic carbocycles. The van der Waals surface area contributed by atoms with Gasteiger partial charge in [0.1, 0.15) is 6.90 Å². The number of halogens is 1. The summed E-state index contributed by atoms with van der Waals surface area (Å²) < 4.78 is 17.6. The zero-order valence-corrected chi connectivity index (χ0v) is 8.17. The summed E-state index contributed by atoms with van der Waals surface area (Å²) in [4.78, 5) is 0. The van der Waals surface area contributed by atoms with Gasteiger partial charge in [0.05, 0.1) is 4.75 Å². The van der Waals surface area contributed by atoms with Crippen molar-refractivity contribution in [3.8, 4) is 0 Å². The standard InChI is InChI=1S/C4H10INOS/c1-4(2,3)8(5,6)7/h6H,1-3H3. The summed E-state index contributed by atoms with van der Waals surface area (Å²) in [7, 11) is 0. The molecule has 0 fully saturated rings. The molecule has 1 unspecified atom stereocenters. The molecule has 0 bridgehead atoms. The molecule has 0 amide bonds. The van der Waals surface area contributed by atoms with E-state index in [9.17, 15) is 4.21 Å². The summed E-state index contributed by atoms with van der Waals surface area (Å²) in [6.45, 7) is 3.03. The first-order valence-corrected chi connectivity index (χ1v) is 6.33. The molecule has 50 valence electrons. The highest BCUT2D eigenvalue weighted by Crippen LogP contribution is 2.22. The molecule has 2 nitrogen and oxygen atoms in total. The van der Waals surface area contributed by atoms with E-state index in [1.807, 2.05) is 0 Å². The highest BCUT2D eigenvalue weighted by Gasteiger charge is 2.21. The molecule has 0 aromatic heterocycles. The number of hydrogen-bond donors (Lipinski definition) is 1. The predicted molar refractivity (Wildman–Crippen MR) is 44.6 cm³/mol. The van der Waals surface area contributed by atoms with Crippen LogP contribution in [-0.2, 0) is 6.90 Å². The second kappa shape index (κ2) is 2.13. The predicted octanol–water partition coefficient (Wildman–Crippen LogP) is 2.18. The molecule has 0 rings (SSSR count). The molecule has 0 aromatic carbocycles. The van der Waals surface area contributed by atoms with Crippen LogP contribution >= 0.6 is 21.2 Å². The Morgan fingerprint density at radius 2 is 1.62 bits per heavy atom. The molecule has 1 atom stereocenters. The lowest BCUT2D eigenvalue weighted by Crippen LogP contribution is -2.20. The Morgan fingerprint density at radius 1 is 1.50 bits per heavy atom. The van der Waals surface area contributed by atoms with Crippen LogP contribution in [0.15, 0.2) is 0 Å². The third-order valence-corrected chi connectivity index (χ3v) is 6.33. The van der Waals surface area contributed by atoms with Crippen molar-refractivity contribution < 1.29 is 4.21 Å². The molecular formula is C4H10INOS. The minimum Gasteiger partial charge on any atom is -0.244 e. The first-order chi connectivity index (χ1) is 3.25. The lowest BCUT2D eigenvalue weighted by molar-refractivity contribution is 0.653. The van der Waals surface area contributed by atoms with Gasteiger partial charge < -0.3 is 0 Å². The summed E-state index contributed by atoms with van der Waals surface area (Å²) >= 11 is 1.68. The smallest absolute Gasteiger partial charge is 0.104 e. The highest BCUT2D eigenvalue weighted by atomic mass is 127. The van der Waals surface area contributed by atoms with Crippen LogP contribution in [0.1, 0.15) is 20.8 Å². The zero-order valence-electron chi connectivity index (χ0n) is 5.19. The third kappa shape index (κ3) is 2.30. The summed E-state index contributed by atoms with van der Waals surface area (Å²) in [5.74, 6) is 0. The van der Waals surface area contributed by atoms with Gasteiger partial charge in [-0.2, -0.15) is 0 Å². The van der Waals surface area contributed by atoms with Crippen LogP contribution in [0, 0.1) is 4.78 Å². The highest BCUT2D eigenvalue weighted by molar-refractivity contribution is 14.2. The van der Waals surface area contributed by atoms with Crippen molar-refractivity contribution in [1.82, 2.24) is 0 Å². The largest absolute Gasteiger partial charge is 0.244 e. The number of hydrogen-bond acceptors (Lipinski definition) is 2. The Hall–Kier alpha value is 0.680. The van der Waals surface area contributed by atoms with Crippen molar-refractivity contribution in [2.24, 2.45) is 0 Å². The fourth-order valence-electron chi connectivity index (χ4n) is 0. The van der Waals surface area contributed by atoms with Gasteiger partial charge in [0.15, 0.2) is 0 Å². The molecule has 1 N–H and O–H groups in total. The average molecular weight is 247 g/mol. The molecule has 4 heteroatoms. The maximum Gasteiger partial charge on any atom is 0.104 e. The van der Waals surface area contributed by atoms with E-state index in [0.29, 0.717) is 0 Å². The van der Waals surface area contributed by atoms with Crippen LogP contribution < -0.4 is 0 Å².